The van der Waals surface area contributed by atoms with Crippen molar-refractivity contribution in [1.82, 2.24) is 14.9 Å². The Morgan fingerprint density at radius 1 is 1.10 bits per heavy atom. The molecular formula is C22H19N3O2S2. The van der Waals surface area contributed by atoms with Crippen LogP contribution in [0.2, 0.25) is 0 Å². The molecule has 0 spiro atoms. The molecule has 0 unspecified atom stereocenters. The van der Waals surface area contributed by atoms with E-state index in [1.165, 1.54) is 4.88 Å². The second kappa shape index (κ2) is 8.63. The Kier molecular flexibility index (Phi) is 5.78. The Balaban J connectivity index is 1.53. The normalized spacial score (nSPS) is 10.9. The molecule has 0 atom stereocenters. The number of carbonyl (C=O) groups is 1. The summed E-state index contributed by atoms with van der Waals surface area (Å²) in [5, 5.41) is 2.60. The van der Waals surface area contributed by atoms with Gasteiger partial charge in [-0.25, -0.2) is 4.98 Å². The van der Waals surface area contributed by atoms with Crippen LogP contribution >= 0.6 is 23.1 Å². The number of aromatic nitrogens is 2. The van der Waals surface area contributed by atoms with Gasteiger partial charge in [-0.1, -0.05) is 30.3 Å². The lowest BCUT2D eigenvalue weighted by Gasteiger charge is -2.18. The van der Waals surface area contributed by atoms with E-state index in [0.29, 0.717) is 22.3 Å². The number of carbonyl (C=O) groups excluding carboxylic acids is 1. The third-order valence-corrected chi connectivity index (χ3v) is 6.64. The molecule has 1 N–H and O–H groups in total. The molecule has 5 nitrogen and oxygen atoms in total. The topological polar surface area (TPSA) is 66.1 Å². The number of para-hydroxylation sites is 1. The number of fused-ring (bicyclic) bond motifs is 1. The number of thioether (sulfide) groups is 1. The summed E-state index contributed by atoms with van der Waals surface area (Å²) in [4.78, 5) is 36.4. The fourth-order valence-corrected chi connectivity index (χ4v) is 4.84. The minimum Gasteiger partial charge on any atom is -0.334 e. The van der Waals surface area contributed by atoms with Crippen LogP contribution < -0.4 is 5.56 Å². The average molecular weight is 422 g/mol. The predicted molar refractivity (Wildman–Crippen MR) is 118 cm³/mol. The maximum absolute atomic E-state index is 13.1. The molecule has 0 saturated carbocycles. The van der Waals surface area contributed by atoms with Crippen LogP contribution in [0.1, 0.15) is 21.1 Å². The van der Waals surface area contributed by atoms with Crippen molar-refractivity contribution in [3.63, 3.8) is 0 Å². The zero-order chi connectivity index (χ0) is 20.2. The van der Waals surface area contributed by atoms with Gasteiger partial charge in [0.1, 0.15) is 5.82 Å². The lowest BCUT2D eigenvalue weighted by atomic mass is 10.2. The largest absolute Gasteiger partial charge is 0.334 e. The highest BCUT2D eigenvalue weighted by Gasteiger charge is 2.17. The van der Waals surface area contributed by atoms with Gasteiger partial charge in [-0.2, -0.15) is 0 Å². The van der Waals surface area contributed by atoms with Crippen LogP contribution in [0.3, 0.4) is 0 Å². The molecule has 2 aromatic heterocycles. The molecule has 0 aliphatic carbocycles. The number of benzene rings is 2. The van der Waals surface area contributed by atoms with E-state index < -0.39 is 0 Å². The first-order valence-corrected chi connectivity index (χ1v) is 11.0. The van der Waals surface area contributed by atoms with Gasteiger partial charge in [0, 0.05) is 22.6 Å². The van der Waals surface area contributed by atoms with Crippen molar-refractivity contribution < 1.29 is 4.79 Å². The van der Waals surface area contributed by atoms with Crippen molar-refractivity contribution >= 4 is 39.9 Å². The number of H-pyrrole nitrogens is 1. The van der Waals surface area contributed by atoms with E-state index in [2.05, 4.69) is 21.4 Å². The third-order valence-electron chi connectivity index (χ3n) is 4.46. The Labute approximate surface area is 176 Å². The number of nitrogens with one attached hydrogen (secondary N) is 1. The molecule has 2 aromatic carbocycles. The molecule has 0 radical (unpaired) electrons. The van der Waals surface area contributed by atoms with E-state index in [4.69, 9.17) is 0 Å². The SMILES string of the molecule is CN(Cc1nc2ccccc2c(=O)[nH]1)C(=O)c1ccccc1SCc1cccs1. The molecule has 0 bridgehead atoms. The van der Waals surface area contributed by atoms with E-state index in [-0.39, 0.29) is 18.0 Å². The summed E-state index contributed by atoms with van der Waals surface area (Å²) >= 11 is 3.36. The van der Waals surface area contributed by atoms with Crippen molar-refractivity contribution in [2.24, 2.45) is 0 Å². The Morgan fingerprint density at radius 3 is 2.72 bits per heavy atom. The number of nitrogens with zero attached hydrogens (tertiary/aromatic N) is 2. The lowest BCUT2D eigenvalue weighted by Crippen LogP contribution is -2.28. The molecule has 4 rings (SSSR count). The van der Waals surface area contributed by atoms with E-state index in [0.717, 1.165) is 10.6 Å². The summed E-state index contributed by atoms with van der Waals surface area (Å²) in [6, 6.07) is 18.9. The first kappa shape index (κ1) is 19.4. The van der Waals surface area contributed by atoms with Crippen LogP contribution in [0.5, 0.6) is 0 Å². The van der Waals surface area contributed by atoms with Crippen LogP contribution in [0.15, 0.2) is 75.7 Å². The highest BCUT2D eigenvalue weighted by Crippen LogP contribution is 2.28. The molecule has 146 valence electrons. The summed E-state index contributed by atoms with van der Waals surface area (Å²) in [6.45, 7) is 0.225. The predicted octanol–water partition coefficient (Wildman–Crippen LogP) is 4.55. The summed E-state index contributed by atoms with van der Waals surface area (Å²) < 4.78 is 0. The monoisotopic (exact) mass is 421 g/mol. The van der Waals surface area contributed by atoms with Crippen molar-refractivity contribution in [1.29, 1.82) is 0 Å². The van der Waals surface area contributed by atoms with Gasteiger partial charge in [-0.3, -0.25) is 9.59 Å². The van der Waals surface area contributed by atoms with Gasteiger partial charge in [-0.15, -0.1) is 23.1 Å². The Morgan fingerprint density at radius 2 is 1.90 bits per heavy atom. The molecule has 1 amide bonds. The smallest absolute Gasteiger partial charge is 0.258 e. The molecule has 0 aliphatic rings. The first-order chi connectivity index (χ1) is 14.1. The van der Waals surface area contributed by atoms with Crippen LogP contribution in [-0.4, -0.2) is 27.8 Å². The maximum atomic E-state index is 13.1. The van der Waals surface area contributed by atoms with Gasteiger partial charge in [-0.05, 0) is 35.7 Å². The van der Waals surface area contributed by atoms with Crippen LogP contribution in [-0.2, 0) is 12.3 Å². The molecule has 29 heavy (non-hydrogen) atoms. The highest BCUT2D eigenvalue weighted by molar-refractivity contribution is 7.98. The molecular weight excluding hydrogens is 402 g/mol. The Bertz CT molecular complexity index is 1200. The van der Waals surface area contributed by atoms with Gasteiger partial charge in [0.25, 0.3) is 11.5 Å². The third kappa shape index (κ3) is 4.41. The zero-order valence-electron chi connectivity index (χ0n) is 15.8. The van der Waals surface area contributed by atoms with Crippen LogP contribution in [0.25, 0.3) is 10.9 Å². The number of thiophene rings is 1. The quantitative estimate of drug-likeness (QED) is 0.464. The average Bonchev–Trinajstić information content (AvgIpc) is 3.25. The van der Waals surface area contributed by atoms with Gasteiger partial charge in [0.05, 0.1) is 23.0 Å². The molecule has 7 heteroatoms. The molecule has 0 aliphatic heterocycles. The van der Waals surface area contributed by atoms with Crippen molar-refractivity contribution in [3.8, 4) is 0 Å². The number of amides is 1. The summed E-state index contributed by atoms with van der Waals surface area (Å²) in [7, 11) is 1.72. The van der Waals surface area contributed by atoms with Crippen molar-refractivity contribution in [3.05, 3.63) is 92.7 Å². The number of aromatic amines is 1. The second-order valence-corrected chi connectivity index (χ2v) is 8.60. The lowest BCUT2D eigenvalue weighted by molar-refractivity contribution is 0.0778. The molecule has 4 aromatic rings. The molecule has 2 heterocycles. The Hall–Kier alpha value is -2.90. The van der Waals surface area contributed by atoms with E-state index >= 15 is 0 Å². The fraction of sp³-hybridized carbons (Fsp3) is 0.136. The van der Waals surface area contributed by atoms with Gasteiger partial charge in [0.15, 0.2) is 0 Å². The van der Waals surface area contributed by atoms with Gasteiger partial charge >= 0.3 is 0 Å². The van der Waals surface area contributed by atoms with E-state index in [1.54, 1.807) is 53.2 Å². The summed E-state index contributed by atoms with van der Waals surface area (Å²) in [6.07, 6.45) is 0. The van der Waals surface area contributed by atoms with Crippen molar-refractivity contribution in [2.75, 3.05) is 7.05 Å². The van der Waals surface area contributed by atoms with E-state index in [1.807, 2.05) is 36.4 Å². The van der Waals surface area contributed by atoms with Crippen LogP contribution in [0, 0.1) is 0 Å². The summed E-state index contributed by atoms with van der Waals surface area (Å²) in [5.74, 6) is 1.19. The van der Waals surface area contributed by atoms with Crippen molar-refractivity contribution in [2.45, 2.75) is 17.2 Å². The highest BCUT2D eigenvalue weighted by atomic mass is 32.2. The number of rotatable bonds is 6. The van der Waals surface area contributed by atoms with Crippen LogP contribution in [0.4, 0.5) is 0 Å². The van der Waals surface area contributed by atoms with Gasteiger partial charge in [0.2, 0.25) is 0 Å². The minimum absolute atomic E-state index is 0.102. The fourth-order valence-electron chi connectivity index (χ4n) is 3.02. The van der Waals surface area contributed by atoms with Gasteiger partial charge < -0.3 is 9.88 Å². The zero-order valence-corrected chi connectivity index (χ0v) is 17.4. The summed E-state index contributed by atoms with van der Waals surface area (Å²) in [5.41, 5.74) is 1.08. The first-order valence-electron chi connectivity index (χ1n) is 9.09. The second-order valence-electron chi connectivity index (χ2n) is 6.56. The molecule has 0 fully saturated rings. The maximum Gasteiger partial charge on any atom is 0.258 e. The number of hydrogen-bond acceptors (Lipinski definition) is 5. The van der Waals surface area contributed by atoms with E-state index in [9.17, 15) is 9.59 Å². The number of hydrogen-bond donors (Lipinski definition) is 1. The standard InChI is InChI=1S/C22H19N3O2S2/c1-25(13-20-23-18-10-4-2-8-16(18)21(26)24-20)22(27)17-9-3-5-11-19(17)29-14-15-7-6-12-28-15/h2-12H,13-14H2,1H3,(H,23,24,26). The molecule has 0 saturated heterocycles. The minimum atomic E-state index is -0.196.